The second-order valence-electron chi connectivity index (χ2n) is 7.21. The zero-order chi connectivity index (χ0) is 23.8. The number of fused-ring (bicyclic) bond motifs is 1. The van der Waals surface area contributed by atoms with Crippen molar-refractivity contribution in [1.82, 2.24) is 4.90 Å². The van der Waals surface area contributed by atoms with Crippen LogP contribution in [0.2, 0.25) is 0 Å². The van der Waals surface area contributed by atoms with Crippen molar-refractivity contribution in [2.45, 2.75) is 11.4 Å². The number of carbonyl (C=O) groups excluding carboxylic acids is 3. The molecule has 168 valence electrons. The quantitative estimate of drug-likeness (QED) is 0.325. The maximum Gasteiger partial charge on any atom is 0.337 e. The van der Waals surface area contributed by atoms with E-state index in [4.69, 9.17) is 0 Å². The highest BCUT2D eigenvalue weighted by Gasteiger charge is 2.35. The van der Waals surface area contributed by atoms with Crippen molar-refractivity contribution in [2.24, 2.45) is 0 Å². The Balaban J connectivity index is 1.50. The number of anilines is 1. The molecule has 10 heteroatoms. The van der Waals surface area contributed by atoms with Gasteiger partial charge in [0.25, 0.3) is 21.8 Å². The van der Waals surface area contributed by atoms with Gasteiger partial charge in [-0.15, -0.1) is 0 Å². The molecule has 0 bridgehead atoms. The first-order valence-electron chi connectivity index (χ1n) is 9.69. The number of nitrogens with zero attached hydrogens (tertiary/aromatic N) is 1. The number of phenols is 1. The van der Waals surface area contributed by atoms with E-state index in [0.29, 0.717) is 16.7 Å². The Hall–Kier alpha value is -4.18. The molecule has 0 atom stereocenters. The van der Waals surface area contributed by atoms with E-state index < -0.39 is 33.6 Å². The summed E-state index contributed by atoms with van der Waals surface area (Å²) in [6, 6.07) is 15.8. The van der Waals surface area contributed by atoms with Crippen LogP contribution in [0.25, 0.3) is 0 Å². The maximum absolute atomic E-state index is 12.7. The first-order valence-corrected chi connectivity index (χ1v) is 11.2. The van der Waals surface area contributed by atoms with Crippen LogP contribution in [0.5, 0.6) is 5.75 Å². The number of esters is 1. The molecule has 1 heterocycles. The number of sulfonamides is 1. The molecule has 2 amide bonds. The monoisotopic (exact) mass is 466 g/mol. The number of rotatable bonds is 6. The summed E-state index contributed by atoms with van der Waals surface area (Å²) >= 11 is 0. The van der Waals surface area contributed by atoms with E-state index in [1.807, 2.05) is 0 Å². The minimum Gasteiger partial charge on any atom is -0.506 e. The van der Waals surface area contributed by atoms with Crippen molar-refractivity contribution in [1.29, 1.82) is 0 Å². The van der Waals surface area contributed by atoms with E-state index in [1.54, 1.807) is 24.3 Å². The molecule has 4 rings (SSSR count). The average molecular weight is 466 g/mol. The predicted octanol–water partition coefficient (Wildman–Crippen LogP) is 2.78. The van der Waals surface area contributed by atoms with Gasteiger partial charge < -0.3 is 9.84 Å². The standard InChI is InChI=1S/C23H18N2O7S/c1-32-23(29)15-8-11-19(20(26)12-15)24-33(30,31)16-9-6-14(7-10-16)13-25-21(27)17-4-2-3-5-18(17)22(25)28/h2-12,24,26H,13H2,1H3. The van der Waals surface area contributed by atoms with E-state index in [2.05, 4.69) is 9.46 Å². The lowest BCUT2D eigenvalue weighted by Gasteiger charge is -2.14. The van der Waals surface area contributed by atoms with Crippen LogP contribution < -0.4 is 4.72 Å². The van der Waals surface area contributed by atoms with Crippen molar-refractivity contribution in [2.75, 3.05) is 11.8 Å². The minimum atomic E-state index is -4.06. The summed E-state index contributed by atoms with van der Waals surface area (Å²) in [4.78, 5) is 37.5. The summed E-state index contributed by atoms with van der Waals surface area (Å²) in [6.07, 6.45) is 0. The molecule has 3 aromatic carbocycles. The molecule has 0 aliphatic carbocycles. The molecule has 0 saturated carbocycles. The summed E-state index contributed by atoms with van der Waals surface area (Å²) in [7, 11) is -2.87. The van der Waals surface area contributed by atoms with Gasteiger partial charge in [0.1, 0.15) is 5.75 Å². The lowest BCUT2D eigenvalue weighted by molar-refractivity contribution is 0.0597. The van der Waals surface area contributed by atoms with Gasteiger partial charge in [-0.1, -0.05) is 24.3 Å². The van der Waals surface area contributed by atoms with Crippen LogP contribution in [0.4, 0.5) is 5.69 Å². The van der Waals surface area contributed by atoms with Crippen LogP contribution in [-0.4, -0.2) is 43.3 Å². The predicted molar refractivity (Wildman–Crippen MR) is 117 cm³/mol. The summed E-state index contributed by atoms with van der Waals surface area (Å²) < 4.78 is 32.2. The van der Waals surface area contributed by atoms with Crippen molar-refractivity contribution in [3.8, 4) is 5.75 Å². The van der Waals surface area contributed by atoms with Gasteiger partial charge in [-0.3, -0.25) is 19.2 Å². The number of carbonyl (C=O) groups is 3. The van der Waals surface area contributed by atoms with Gasteiger partial charge in [0, 0.05) is 0 Å². The Bertz CT molecular complexity index is 1350. The molecular weight excluding hydrogens is 448 g/mol. The van der Waals surface area contributed by atoms with Crippen LogP contribution in [0.1, 0.15) is 36.6 Å². The van der Waals surface area contributed by atoms with Gasteiger partial charge in [-0.05, 0) is 48.0 Å². The molecule has 1 aliphatic heterocycles. The fourth-order valence-electron chi connectivity index (χ4n) is 3.41. The Morgan fingerprint density at radius 3 is 2.12 bits per heavy atom. The fourth-order valence-corrected chi connectivity index (χ4v) is 4.48. The van der Waals surface area contributed by atoms with Crippen molar-refractivity contribution in [3.63, 3.8) is 0 Å². The van der Waals surface area contributed by atoms with E-state index in [0.717, 1.165) is 11.0 Å². The molecule has 9 nitrogen and oxygen atoms in total. The SMILES string of the molecule is COC(=O)c1ccc(NS(=O)(=O)c2ccc(CN3C(=O)c4ccccc4C3=O)cc2)c(O)c1. The van der Waals surface area contributed by atoms with E-state index in [9.17, 15) is 27.9 Å². The van der Waals surface area contributed by atoms with Gasteiger partial charge in [-0.25, -0.2) is 13.2 Å². The molecule has 33 heavy (non-hydrogen) atoms. The van der Waals surface area contributed by atoms with Crippen molar-refractivity contribution < 1.29 is 32.6 Å². The molecule has 0 fully saturated rings. The van der Waals surface area contributed by atoms with E-state index >= 15 is 0 Å². The number of amides is 2. The van der Waals surface area contributed by atoms with Crippen LogP contribution in [0.15, 0.2) is 71.6 Å². The number of benzene rings is 3. The van der Waals surface area contributed by atoms with Gasteiger partial charge in [0.2, 0.25) is 0 Å². The van der Waals surface area contributed by atoms with E-state index in [-0.39, 0.29) is 22.7 Å². The Kier molecular flexibility index (Phi) is 5.60. The Morgan fingerprint density at radius 2 is 1.58 bits per heavy atom. The third kappa shape index (κ3) is 4.15. The van der Waals surface area contributed by atoms with E-state index in [1.165, 1.54) is 43.5 Å². The largest absolute Gasteiger partial charge is 0.506 e. The third-order valence-corrected chi connectivity index (χ3v) is 6.50. The second kappa shape index (κ2) is 8.40. The number of nitrogens with one attached hydrogen (secondary N) is 1. The summed E-state index contributed by atoms with van der Waals surface area (Å²) in [5.74, 6) is -1.92. The highest BCUT2D eigenvalue weighted by molar-refractivity contribution is 7.92. The molecule has 1 aliphatic rings. The zero-order valence-corrected chi connectivity index (χ0v) is 18.1. The van der Waals surface area contributed by atoms with Crippen LogP contribution in [-0.2, 0) is 21.3 Å². The second-order valence-corrected chi connectivity index (χ2v) is 8.90. The Morgan fingerprint density at radius 1 is 0.970 bits per heavy atom. The number of ether oxygens (including phenoxy) is 1. The highest BCUT2D eigenvalue weighted by atomic mass is 32.2. The molecule has 0 aromatic heterocycles. The minimum absolute atomic E-state index is 0.00409. The topological polar surface area (TPSA) is 130 Å². The number of imide groups is 1. The van der Waals surface area contributed by atoms with Crippen LogP contribution in [0, 0.1) is 0 Å². The molecule has 0 saturated heterocycles. The Labute approximate surface area is 189 Å². The van der Waals surface area contributed by atoms with Gasteiger partial charge in [0.15, 0.2) is 0 Å². The molecule has 0 spiro atoms. The van der Waals surface area contributed by atoms with Crippen LogP contribution >= 0.6 is 0 Å². The van der Waals surface area contributed by atoms with Gasteiger partial charge in [-0.2, -0.15) is 0 Å². The van der Waals surface area contributed by atoms with Crippen LogP contribution in [0.3, 0.4) is 0 Å². The van der Waals surface area contributed by atoms with Gasteiger partial charge >= 0.3 is 5.97 Å². The van der Waals surface area contributed by atoms with Gasteiger partial charge in [0.05, 0.1) is 40.9 Å². The maximum atomic E-state index is 12.7. The first-order chi connectivity index (χ1) is 15.7. The number of aromatic hydroxyl groups is 1. The third-order valence-electron chi connectivity index (χ3n) is 5.12. The molecule has 0 radical (unpaired) electrons. The number of phenolic OH excluding ortho intramolecular Hbond substituents is 1. The summed E-state index contributed by atoms with van der Waals surface area (Å²) in [5, 5.41) is 10.1. The summed E-state index contributed by atoms with van der Waals surface area (Å²) in [5.41, 5.74) is 1.19. The van der Waals surface area contributed by atoms with Crippen molar-refractivity contribution >= 4 is 33.5 Å². The highest BCUT2D eigenvalue weighted by Crippen LogP contribution is 2.28. The summed E-state index contributed by atoms with van der Waals surface area (Å²) in [6.45, 7) is -0.00409. The lowest BCUT2D eigenvalue weighted by atomic mass is 10.1. The number of methoxy groups -OCH3 is 1. The zero-order valence-electron chi connectivity index (χ0n) is 17.3. The smallest absolute Gasteiger partial charge is 0.337 e. The molecular formula is C23H18N2O7S. The molecule has 3 aromatic rings. The fraction of sp³-hybridized carbons (Fsp3) is 0.0870. The molecule has 0 unspecified atom stereocenters. The van der Waals surface area contributed by atoms with Crippen molar-refractivity contribution in [3.05, 3.63) is 89.0 Å². The first kappa shape index (κ1) is 22.0. The lowest BCUT2D eigenvalue weighted by Crippen LogP contribution is -2.29. The molecule has 2 N–H and O–H groups in total. The number of hydrogen-bond donors (Lipinski definition) is 2. The number of hydrogen-bond acceptors (Lipinski definition) is 7. The average Bonchev–Trinajstić information content (AvgIpc) is 3.05. The normalized spacial score (nSPS) is 13.1.